The van der Waals surface area contributed by atoms with Gasteiger partial charge in [0.05, 0.1) is 0 Å². The van der Waals surface area contributed by atoms with Gasteiger partial charge in [0.1, 0.15) is 5.82 Å². The number of rotatable bonds is 3. The molecule has 3 heteroatoms. The number of halogens is 1. The molecule has 2 aromatic rings. The summed E-state index contributed by atoms with van der Waals surface area (Å²) in [4.78, 5) is 6.73. The zero-order valence-corrected chi connectivity index (χ0v) is 13.5. The number of benzene rings is 1. The minimum Gasteiger partial charge on any atom is -0.329 e. The molecule has 0 unspecified atom stereocenters. The SMILES string of the molecule is Cc1cc(C)cc(N(C)c2ncc(CBr)cc2C)c1. The summed E-state index contributed by atoms with van der Waals surface area (Å²) >= 11 is 3.46. The first-order chi connectivity index (χ1) is 9.01. The predicted octanol–water partition coefficient (Wildman–Crippen LogP) is 4.67. The van der Waals surface area contributed by atoms with Crippen molar-refractivity contribution in [2.24, 2.45) is 0 Å². The monoisotopic (exact) mass is 318 g/mol. The third-order valence-corrected chi connectivity index (χ3v) is 3.82. The van der Waals surface area contributed by atoms with Gasteiger partial charge in [-0.05, 0) is 55.2 Å². The summed E-state index contributed by atoms with van der Waals surface area (Å²) in [5.74, 6) is 1.01. The van der Waals surface area contributed by atoms with Crippen molar-refractivity contribution in [3.8, 4) is 0 Å². The van der Waals surface area contributed by atoms with E-state index in [1.165, 1.54) is 27.9 Å². The van der Waals surface area contributed by atoms with Crippen LogP contribution < -0.4 is 4.90 Å². The van der Waals surface area contributed by atoms with E-state index in [0.717, 1.165) is 11.1 Å². The maximum absolute atomic E-state index is 4.58. The third-order valence-electron chi connectivity index (χ3n) is 3.17. The predicted molar refractivity (Wildman–Crippen MR) is 85.6 cm³/mol. The van der Waals surface area contributed by atoms with Crippen LogP contribution in [-0.2, 0) is 5.33 Å². The fraction of sp³-hybridized carbons (Fsp3) is 0.312. The molecule has 0 fully saturated rings. The van der Waals surface area contributed by atoms with Crippen LogP contribution in [0.1, 0.15) is 22.3 Å². The van der Waals surface area contributed by atoms with Crippen LogP contribution in [0.2, 0.25) is 0 Å². The Labute approximate surface area is 123 Å². The maximum Gasteiger partial charge on any atom is 0.135 e. The maximum atomic E-state index is 4.58. The lowest BCUT2D eigenvalue weighted by molar-refractivity contribution is 1.08. The zero-order valence-electron chi connectivity index (χ0n) is 11.9. The lowest BCUT2D eigenvalue weighted by atomic mass is 10.1. The molecule has 19 heavy (non-hydrogen) atoms. The van der Waals surface area contributed by atoms with E-state index >= 15 is 0 Å². The average Bonchev–Trinajstić information content (AvgIpc) is 2.36. The number of pyridine rings is 1. The standard InChI is InChI=1S/C16H19BrN2/c1-11-5-12(2)7-15(6-11)19(4)16-13(3)8-14(9-17)10-18-16/h5-8,10H,9H2,1-4H3. The van der Waals surface area contributed by atoms with Crippen LogP contribution in [0.5, 0.6) is 0 Å². The fourth-order valence-electron chi connectivity index (χ4n) is 2.32. The van der Waals surface area contributed by atoms with Gasteiger partial charge in [-0.1, -0.05) is 28.1 Å². The minimum absolute atomic E-state index is 0.842. The van der Waals surface area contributed by atoms with Crippen molar-refractivity contribution in [1.82, 2.24) is 4.98 Å². The van der Waals surface area contributed by atoms with E-state index < -0.39 is 0 Å². The van der Waals surface area contributed by atoms with Gasteiger partial charge in [0, 0.05) is 24.3 Å². The number of hydrogen-bond donors (Lipinski definition) is 0. The van der Waals surface area contributed by atoms with Gasteiger partial charge in [0.2, 0.25) is 0 Å². The zero-order chi connectivity index (χ0) is 14.0. The summed E-state index contributed by atoms with van der Waals surface area (Å²) in [6.45, 7) is 6.35. The Hall–Kier alpha value is -1.35. The molecule has 0 bridgehead atoms. The van der Waals surface area contributed by atoms with E-state index in [4.69, 9.17) is 0 Å². The van der Waals surface area contributed by atoms with Crippen LogP contribution in [0, 0.1) is 20.8 Å². The summed E-state index contributed by atoms with van der Waals surface area (Å²) in [6, 6.07) is 8.74. The molecule has 2 rings (SSSR count). The molecule has 1 aromatic carbocycles. The first kappa shape index (κ1) is 14.1. The third kappa shape index (κ3) is 3.16. The van der Waals surface area contributed by atoms with Crippen molar-refractivity contribution >= 4 is 27.4 Å². The van der Waals surface area contributed by atoms with Crippen molar-refractivity contribution in [3.63, 3.8) is 0 Å². The van der Waals surface area contributed by atoms with E-state index in [0.29, 0.717) is 0 Å². The van der Waals surface area contributed by atoms with Crippen LogP contribution in [0.3, 0.4) is 0 Å². The lowest BCUT2D eigenvalue weighted by Gasteiger charge is -2.21. The minimum atomic E-state index is 0.842. The highest BCUT2D eigenvalue weighted by Gasteiger charge is 2.09. The Bertz CT molecular complexity index is 573. The number of anilines is 2. The Morgan fingerprint density at radius 1 is 1.05 bits per heavy atom. The fourth-order valence-corrected chi connectivity index (χ4v) is 2.62. The molecule has 0 radical (unpaired) electrons. The number of hydrogen-bond acceptors (Lipinski definition) is 2. The van der Waals surface area contributed by atoms with Gasteiger partial charge in [-0.3, -0.25) is 0 Å². The molecule has 100 valence electrons. The quantitative estimate of drug-likeness (QED) is 0.764. The summed E-state index contributed by atoms with van der Waals surface area (Å²) in [7, 11) is 2.07. The Kier molecular flexibility index (Phi) is 4.25. The highest BCUT2D eigenvalue weighted by Crippen LogP contribution is 2.27. The molecule has 1 heterocycles. The second-order valence-corrected chi connectivity index (χ2v) is 5.58. The van der Waals surface area contributed by atoms with Gasteiger partial charge in [-0.15, -0.1) is 0 Å². The molecule has 0 spiro atoms. The summed E-state index contributed by atoms with van der Waals surface area (Å²) in [5.41, 5.74) is 6.13. The van der Waals surface area contributed by atoms with Crippen LogP contribution in [0.25, 0.3) is 0 Å². The molecular formula is C16H19BrN2. The Morgan fingerprint density at radius 2 is 1.68 bits per heavy atom. The van der Waals surface area contributed by atoms with Gasteiger partial charge >= 0.3 is 0 Å². The second-order valence-electron chi connectivity index (χ2n) is 5.02. The number of nitrogens with zero attached hydrogens (tertiary/aromatic N) is 2. The van der Waals surface area contributed by atoms with Crippen molar-refractivity contribution < 1.29 is 0 Å². The van der Waals surface area contributed by atoms with Crippen molar-refractivity contribution in [2.45, 2.75) is 26.1 Å². The van der Waals surface area contributed by atoms with Crippen molar-refractivity contribution in [2.75, 3.05) is 11.9 Å². The van der Waals surface area contributed by atoms with Crippen LogP contribution in [0.15, 0.2) is 30.5 Å². The van der Waals surface area contributed by atoms with Crippen LogP contribution in [-0.4, -0.2) is 12.0 Å². The first-order valence-corrected chi connectivity index (χ1v) is 7.47. The van der Waals surface area contributed by atoms with E-state index in [1.807, 2.05) is 6.20 Å². The topological polar surface area (TPSA) is 16.1 Å². The number of aryl methyl sites for hydroxylation is 3. The van der Waals surface area contributed by atoms with Crippen LogP contribution in [0.4, 0.5) is 11.5 Å². The average molecular weight is 319 g/mol. The van der Waals surface area contributed by atoms with E-state index in [-0.39, 0.29) is 0 Å². The van der Waals surface area contributed by atoms with E-state index in [2.05, 4.69) is 77.9 Å². The van der Waals surface area contributed by atoms with Crippen LogP contribution >= 0.6 is 15.9 Å². The molecule has 0 atom stereocenters. The molecule has 0 saturated carbocycles. The van der Waals surface area contributed by atoms with Gasteiger partial charge in [0.25, 0.3) is 0 Å². The second kappa shape index (κ2) is 5.74. The van der Waals surface area contributed by atoms with Gasteiger partial charge in [-0.25, -0.2) is 4.98 Å². The molecule has 0 N–H and O–H groups in total. The first-order valence-electron chi connectivity index (χ1n) is 6.35. The smallest absolute Gasteiger partial charge is 0.135 e. The molecular weight excluding hydrogens is 300 g/mol. The molecule has 1 aromatic heterocycles. The highest BCUT2D eigenvalue weighted by atomic mass is 79.9. The van der Waals surface area contributed by atoms with E-state index in [1.54, 1.807) is 0 Å². The summed E-state index contributed by atoms with van der Waals surface area (Å²) < 4.78 is 0. The molecule has 0 aliphatic carbocycles. The van der Waals surface area contributed by atoms with Crippen molar-refractivity contribution in [3.05, 3.63) is 52.7 Å². The highest BCUT2D eigenvalue weighted by molar-refractivity contribution is 9.08. The Balaban J connectivity index is 2.40. The number of alkyl halides is 1. The molecule has 0 aliphatic rings. The molecule has 0 saturated heterocycles. The number of aromatic nitrogens is 1. The van der Waals surface area contributed by atoms with Gasteiger partial charge < -0.3 is 4.90 Å². The lowest BCUT2D eigenvalue weighted by Crippen LogP contribution is -2.13. The van der Waals surface area contributed by atoms with E-state index in [9.17, 15) is 0 Å². The summed E-state index contributed by atoms with van der Waals surface area (Å²) in [5, 5.41) is 0.842. The molecule has 0 amide bonds. The molecule has 2 nitrogen and oxygen atoms in total. The normalized spacial score (nSPS) is 10.6. The Morgan fingerprint density at radius 3 is 2.21 bits per heavy atom. The molecule has 0 aliphatic heterocycles. The summed E-state index contributed by atoms with van der Waals surface area (Å²) in [6.07, 6.45) is 1.93. The largest absolute Gasteiger partial charge is 0.329 e. The van der Waals surface area contributed by atoms with Gasteiger partial charge in [0.15, 0.2) is 0 Å². The van der Waals surface area contributed by atoms with Gasteiger partial charge in [-0.2, -0.15) is 0 Å². The van der Waals surface area contributed by atoms with Crippen molar-refractivity contribution in [1.29, 1.82) is 0 Å².